The van der Waals surface area contributed by atoms with Gasteiger partial charge in [-0.2, -0.15) is 0 Å². The molecule has 122 valence electrons. The van der Waals surface area contributed by atoms with Gasteiger partial charge in [-0.1, -0.05) is 51.1 Å². The number of carbonyl (C=O) groups is 2. The van der Waals surface area contributed by atoms with Crippen molar-refractivity contribution in [3.8, 4) is 0 Å². The Balaban J connectivity index is 1.75. The Kier molecular flexibility index (Phi) is 3.02. The molecule has 1 heterocycles. The molecule has 0 saturated carbocycles. The fourth-order valence-electron chi connectivity index (χ4n) is 3.97. The minimum absolute atomic E-state index is 0.0728. The topological polar surface area (TPSA) is 46.2 Å². The van der Waals surface area contributed by atoms with E-state index in [2.05, 4.69) is 5.32 Å². The number of ketones is 1. The van der Waals surface area contributed by atoms with Gasteiger partial charge in [-0.05, 0) is 41.7 Å². The van der Waals surface area contributed by atoms with Gasteiger partial charge in [0.1, 0.15) is 0 Å². The van der Waals surface area contributed by atoms with Crippen molar-refractivity contribution in [1.82, 2.24) is 0 Å². The molecule has 1 N–H and O–H groups in total. The van der Waals surface area contributed by atoms with Gasteiger partial charge in [0.05, 0.1) is 5.41 Å². The molecule has 3 heteroatoms. The number of nitrogens with one attached hydrogen (secondary N) is 1. The lowest BCUT2D eigenvalue weighted by Crippen LogP contribution is -2.35. The van der Waals surface area contributed by atoms with Crippen molar-refractivity contribution >= 4 is 17.4 Å². The van der Waals surface area contributed by atoms with E-state index in [1.54, 1.807) is 0 Å². The predicted octanol–water partition coefficient (Wildman–Crippen LogP) is 3.90. The highest BCUT2D eigenvalue weighted by atomic mass is 16.2. The summed E-state index contributed by atoms with van der Waals surface area (Å²) in [6.45, 7) is 5.81. The van der Waals surface area contributed by atoms with Gasteiger partial charge in [-0.3, -0.25) is 9.59 Å². The van der Waals surface area contributed by atoms with Gasteiger partial charge in [0.2, 0.25) is 5.91 Å². The Labute approximate surface area is 142 Å². The number of hydrogen-bond donors (Lipinski definition) is 1. The van der Waals surface area contributed by atoms with E-state index in [1.807, 2.05) is 63.2 Å². The lowest BCUT2D eigenvalue weighted by atomic mass is 9.79. The first kappa shape index (κ1) is 15.1. The van der Waals surface area contributed by atoms with E-state index >= 15 is 0 Å². The minimum atomic E-state index is -0.512. The summed E-state index contributed by atoms with van der Waals surface area (Å²) in [4.78, 5) is 25.3. The van der Waals surface area contributed by atoms with Crippen LogP contribution in [0.5, 0.6) is 0 Å². The van der Waals surface area contributed by atoms with Crippen LogP contribution < -0.4 is 5.32 Å². The number of benzene rings is 2. The molecular formula is C21H21NO2. The number of hydrogen-bond acceptors (Lipinski definition) is 2. The zero-order chi connectivity index (χ0) is 17.1. The van der Waals surface area contributed by atoms with E-state index in [4.69, 9.17) is 0 Å². The third-order valence-corrected chi connectivity index (χ3v) is 5.26. The molecule has 0 fully saturated rings. The summed E-state index contributed by atoms with van der Waals surface area (Å²) in [6.07, 6.45) is 1.37. The average molecular weight is 319 g/mol. The molecular weight excluding hydrogens is 298 g/mol. The molecule has 4 rings (SSSR count). The molecule has 1 aliphatic heterocycles. The first-order valence-corrected chi connectivity index (χ1v) is 8.39. The van der Waals surface area contributed by atoms with Crippen LogP contribution in [0.15, 0.2) is 42.5 Å². The van der Waals surface area contributed by atoms with Crippen LogP contribution in [-0.4, -0.2) is 11.7 Å². The van der Waals surface area contributed by atoms with Crippen LogP contribution in [0, 0.1) is 5.41 Å². The molecule has 1 unspecified atom stereocenters. The lowest BCUT2D eigenvalue weighted by molar-refractivity contribution is -0.120. The maximum absolute atomic E-state index is 12.7. The molecule has 24 heavy (non-hydrogen) atoms. The molecule has 2 aromatic rings. The van der Waals surface area contributed by atoms with E-state index in [9.17, 15) is 9.59 Å². The van der Waals surface area contributed by atoms with Crippen LogP contribution in [0.4, 0.5) is 5.69 Å². The van der Waals surface area contributed by atoms with Gasteiger partial charge in [0, 0.05) is 16.7 Å². The van der Waals surface area contributed by atoms with Gasteiger partial charge >= 0.3 is 0 Å². The molecule has 1 atom stereocenters. The molecule has 0 saturated heterocycles. The smallest absolute Gasteiger partial charge is 0.235 e. The Morgan fingerprint density at radius 3 is 2.50 bits per heavy atom. The summed E-state index contributed by atoms with van der Waals surface area (Å²) in [6, 6.07) is 13.9. The van der Waals surface area contributed by atoms with Crippen molar-refractivity contribution in [1.29, 1.82) is 0 Å². The average Bonchev–Trinajstić information content (AvgIpc) is 3.04. The minimum Gasteiger partial charge on any atom is -0.325 e. The van der Waals surface area contributed by atoms with Crippen LogP contribution in [0.3, 0.4) is 0 Å². The fraction of sp³-hybridized carbons (Fsp3) is 0.333. The first-order chi connectivity index (χ1) is 11.3. The zero-order valence-electron chi connectivity index (χ0n) is 14.3. The van der Waals surface area contributed by atoms with Crippen molar-refractivity contribution in [2.75, 3.05) is 5.32 Å². The van der Waals surface area contributed by atoms with Crippen molar-refractivity contribution in [3.05, 3.63) is 64.7 Å². The van der Waals surface area contributed by atoms with Crippen molar-refractivity contribution < 1.29 is 9.59 Å². The second-order valence-corrected chi connectivity index (χ2v) is 8.00. The fourth-order valence-corrected chi connectivity index (χ4v) is 3.97. The number of amides is 1. The Bertz CT molecular complexity index is 876. The number of Topliss-reactive ketones (excluding diaryl/α,β-unsaturated/α-hetero) is 1. The van der Waals surface area contributed by atoms with E-state index in [0.29, 0.717) is 12.8 Å². The van der Waals surface area contributed by atoms with Gasteiger partial charge in [-0.25, -0.2) is 0 Å². The van der Waals surface area contributed by atoms with Crippen LogP contribution in [-0.2, 0) is 23.1 Å². The van der Waals surface area contributed by atoms with Crippen LogP contribution >= 0.6 is 0 Å². The van der Waals surface area contributed by atoms with E-state index in [0.717, 1.165) is 22.4 Å². The molecule has 2 aliphatic rings. The predicted molar refractivity (Wildman–Crippen MR) is 94.4 cm³/mol. The largest absolute Gasteiger partial charge is 0.325 e. The summed E-state index contributed by atoms with van der Waals surface area (Å²) in [7, 11) is 0. The van der Waals surface area contributed by atoms with Crippen LogP contribution in [0.25, 0.3) is 0 Å². The quantitative estimate of drug-likeness (QED) is 0.810. The van der Waals surface area contributed by atoms with E-state index in [-0.39, 0.29) is 11.7 Å². The van der Waals surface area contributed by atoms with Gasteiger partial charge in [0.15, 0.2) is 5.78 Å². The molecule has 1 amide bonds. The number of para-hydroxylation sites is 1. The molecule has 3 nitrogen and oxygen atoms in total. The molecule has 0 radical (unpaired) electrons. The maximum atomic E-state index is 12.7. The Morgan fingerprint density at radius 2 is 1.75 bits per heavy atom. The number of carbonyl (C=O) groups excluding carboxylic acids is 2. The van der Waals surface area contributed by atoms with Gasteiger partial charge < -0.3 is 5.32 Å². The second-order valence-electron chi connectivity index (χ2n) is 8.00. The van der Waals surface area contributed by atoms with Gasteiger partial charge in [-0.15, -0.1) is 0 Å². The summed E-state index contributed by atoms with van der Waals surface area (Å²) < 4.78 is 0. The summed E-state index contributed by atoms with van der Waals surface area (Å²) in [5, 5.41) is 3.02. The summed E-state index contributed by atoms with van der Waals surface area (Å²) >= 11 is 0. The highest BCUT2D eigenvalue weighted by molar-refractivity contribution is 6.07. The Morgan fingerprint density at radius 1 is 1.04 bits per heavy atom. The van der Waals surface area contributed by atoms with E-state index < -0.39 is 10.8 Å². The molecule has 0 bridgehead atoms. The first-order valence-electron chi connectivity index (χ1n) is 8.39. The third kappa shape index (κ3) is 2.04. The number of fused-ring (bicyclic) bond motifs is 3. The zero-order valence-corrected chi connectivity index (χ0v) is 14.3. The van der Waals surface area contributed by atoms with Crippen LogP contribution in [0.1, 0.15) is 47.8 Å². The van der Waals surface area contributed by atoms with Crippen molar-refractivity contribution in [2.24, 2.45) is 5.41 Å². The molecule has 0 aromatic heterocycles. The molecule has 2 aromatic carbocycles. The van der Waals surface area contributed by atoms with Crippen molar-refractivity contribution in [2.45, 2.75) is 39.0 Å². The normalized spacial score (nSPS) is 21.5. The third-order valence-electron chi connectivity index (χ3n) is 5.26. The lowest BCUT2D eigenvalue weighted by Gasteiger charge is -2.20. The van der Waals surface area contributed by atoms with Crippen molar-refractivity contribution in [3.63, 3.8) is 0 Å². The highest BCUT2D eigenvalue weighted by Gasteiger charge is 2.50. The number of anilines is 1. The maximum Gasteiger partial charge on any atom is 0.235 e. The Hall–Kier alpha value is -2.42. The molecule has 1 spiro atoms. The monoisotopic (exact) mass is 319 g/mol. The summed E-state index contributed by atoms with van der Waals surface area (Å²) in [5.74, 6) is 0.214. The second kappa shape index (κ2) is 4.79. The molecule has 1 aliphatic carbocycles. The van der Waals surface area contributed by atoms with Gasteiger partial charge in [0.25, 0.3) is 0 Å². The summed E-state index contributed by atoms with van der Waals surface area (Å²) in [5.41, 5.74) is 4.12. The SMILES string of the molecule is CC(C)(C)C(=O)c1ccc2c(c1)CC1(C2)C(=O)Nc2ccccc21. The highest BCUT2D eigenvalue weighted by Crippen LogP contribution is 2.47. The van der Waals surface area contributed by atoms with Crippen LogP contribution in [0.2, 0.25) is 0 Å². The number of rotatable bonds is 1. The standard InChI is InChI=1S/C21H21NO2/c1-20(2,3)18(23)13-8-9-14-11-21(12-15(14)10-13)16-6-4-5-7-17(16)22-19(21)24/h4-10H,11-12H2,1-3H3,(H,22,24). The van der Waals surface area contributed by atoms with E-state index in [1.165, 1.54) is 5.56 Å².